The first-order valence-corrected chi connectivity index (χ1v) is 24.7. The van der Waals surface area contributed by atoms with Crippen molar-refractivity contribution in [1.29, 1.82) is 0 Å². The molecule has 10 rings (SSSR count). The molecule has 5 aromatic rings. The van der Waals surface area contributed by atoms with E-state index in [9.17, 15) is 28.4 Å². The standard InChI is InChI=1S/C51H50Cl2F2N4O9S/c52-40-26-58(63)27-41(53)39(40)25-43(35-14-15-42(67-50(54)55)44(24-35)65-29-31-12-13-31)66-49(61)48-59(20-21-69-48)47(60)37-10-4-6-32(22-37)30-64-38-11-5-9-36(23-38)46(34-7-2-1-3-8-34)56-51(62)68-45-28-57-18-16-33(45)17-19-57/h1-11,14-15,22-24,26-27,31,33,43,45-46,48,50H,12-13,16-21,25,28-30H2,(H,56,62)/t43-,45-,46-,48-/m0/s1. The van der Waals surface area contributed by atoms with E-state index in [0.29, 0.717) is 44.4 Å². The quantitative estimate of drug-likeness (QED) is 0.0510. The molecule has 5 heterocycles. The Balaban J connectivity index is 0.883. The Morgan fingerprint density at radius 1 is 0.826 bits per heavy atom. The van der Waals surface area contributed by atoms with Gasteiger partial charge in [-0.25, -0.2) is 9.59 Å². The molecule has 0 radical (unpaired) electrons. The average molecular weight is 1000 g/mol. The number of carbonyl (C=O) groups excluding carboxylic acids is 3. The van der Waals surface area contributed by atoms with Crippen LogP contribution in [0.1, 0.15) is 76.0 Å². The van der Waals surface area contributed by atoms with Gasteiger partial charge in [-0.05, 0) is 109 Å². The monoisotopic (exact) mass is 1000 g/mol. The van der Waals surface area contributed by atoms with Crippen molar-refractivity contribution in [2.24, 2.45) is 11.8 Å². The molecule has 4 saturated heterocycles. The summed E-state index contributed by atoms with van der Waals surface area (Å²) in [5.74, 6) is 0.376. The number of pyridine rings is 1. The van der Waals surface area contributed by atoms with Crippen molar-refractivity contribution in [3.05, 3.63) is 158 Å². The molecule has 362 valence electrons. The summed E-state index contributed by atoms with van der Waals surface area (Å²) in [7, 11) is 0. The van der Waals surface area contributed by atoms with Gasteiger partial charge in [0.15, 0.2) is 29.3 Å². The van der Waals surface area contributed by atoms with Crippen LogP contribution in [0.5, 0.6) is 17.2 Å². The minimum atomic E-state index is -3.11. The number of carbonyl (C=O) groups is 3. The van der Waals surface area contributed by atoms with Gasteiger partial charge < -0.3 is 39.1 Å². The molecule has 1 aliphatic carbocycles. The van der Waals surface area contributed by atoms with E-state index in [1.165, 1.54) is 34.9 Å². The SMILES string of the molecule is O=C(N[C@@H](c1ccccc1)c1cccc(OCc2cccc(C(=O)N3CCS[C@H]3C(=O)O[C@@H](Cc3c(Cl)c[n+]([O-])cc3Cl)c3ccc(OC(F)F)c(OCC4CC4)c3)c2)c1)O[C@H]1CN2CCC1CC2. The number of benzene rings is 4. The summed E-state index contributed by atoms with van der Waals surface area (Å²) < 4.78 is 56.4. The summed E-state index contributed by atoms with van der Waals surface area (Å²) >= 11 is 14.2. The highest BCUT2D eigenvalue weighted by atomic mass is 35.5. The number of alkyl halides is 2. The van der Waals surface area contributed by atoms with Crippen LogP contribution in [0.2, 0.25) is 10.0 Å². The normalized spacial score (nSPS) is 20.5. The van der Waals surface area contributed by atoms with Gasteiger partial charge in [0.1, 0.15) is 34.6 Å². The summed E-state index contributed by atoms with van der Waals surface area (Å²) in [5.41, 5.74) is 3.37. The van der Waals surface area contributed by atoms with E-state index in [2.05, 4.69) is 10.2 Å². The third-order valence-electron chi connectivity index (χ3n) is 12.8. The predicted molar refractivity (Wildman–Crippen MR) is 255 cm³/mol. The number of fused-ring (bicyclic) bond motifs is 3. The van der Waals surface area contributed by atoms with Crippen LogP contribution in [0.25, 0.3) is 0 Å². The third kappa shape index (κ3) is 12.1. The molecule has 0 spiro atoms. The second kappa shape index (κ2) is 21.9. The molecule has 4 aliphatic heterocycles. The summed E-state index contributed by atoms with van der Waals surface area (Å²) in [5, 5.41) is 14.2. The molecule has 1 saturated carbocycles. The smallest absolute Gasteiger partial charge is 0.408 e. The van der Waals surface area contributed by atoms with Crippen LogP contribution in [0, 0.1) is 17.0 Å². The fraction of sp³-hybridized carbons (Fsp3) is 0.373. The molecule has 18 heteroatoms. The van der Waals surface area contributed by atoms with E-state index >= 15 is 0 Å². The third-order valence-corrected chi connectivity index (χ3v) is 14.6. The molecule has 2 bridgehead atoms. The van der Waals surface area contributed by atoms with Crippen molar-refractivity contribution in [3.63, 3.8) is 0 Å². The highest BCUT2D eigenvalue weighted by molar-refractivity contribution is 8.00. The van der Waals surface area contributed by atoms with Gasteiger partial charge in [0.2, 0.25) is 0 Å². The minimum Gasteiger partial charge on any atom is -0.619 e. The molecule has 1 aromatic heterocycles. The zero-order valence-corrected chi connectivity index (χ0v) is 39.7. The van der Waals surface area contributed by atoms with Crippen LogP contribution in [-0.2, 0) is 27.3 Å². The number of esters is 1. The molecule has 5 fully saturated rings. The van der Waals surface area contributed by atoms with Gasteiger partial charge in [0.05, 0.1) is 12.6 Å². The summed E-state index contributed by atoms with van der Waals surface area (Å²) in [6.07, 6.45) is 4.37. The Bertz CT molecular complexity index is 2620. The van der Waals surface area contributed by atoms with E-state index in [1.54, 1.807) is 18.2 Å². The molecule has 1 N–H and O–H groups in total. The lowest BCUT2D eigenvalue weighted by atomic mass is 9.86. The van der Waals surface area contributed by atoms with Gasteiger partial charge in [-0.2, -0.15) is 13.5 Å². The molecule has 13 nitrogen and oxygen atoms in total. The number of nitrogens with one attached hydrogen (secondary N) is 1. The molecule has 69 heavy (non-hydrogen) atoms. The molecular formula is C51H50Cl2F2N4O9S. The van der Waals surface area contributed by atoms with Gasteiger partial charge in [-0.3, -0.25) is 9.69 Å². The Kier molecular flexibility index (Phi) is 15.3. The molecule has 4 atom stereocenters. The molecule has 0 unspecified atom stereocenters. The summed E-state index contributed by atoms with van der Waals surface area (Å²) in [6.45, 7) is 0.382. The van der Waals surface area contributed by atoms with E-state index in [-0.39, 0.29) is 59.7 Å². The molecule has 2 amide bonds. The van der Waals surface area contributed by atoms with E-state index in [4.69, 9.17) is 46.9 Å². The fourth-order valence-electron chi connectivity index (χ4n) is 8.98. The zero-order valence-electron chi connectivity index (χ0n) is 37.4. The molecule has 5 aliphatic rings. The van der Waals surface area contributed by atoms with E-state index < -0.39 is 42.1 Å². The van der Waals surface area contributed by atoms with E-state index in [0.717, 1.165) is 68.8 Å². The Morgan fingerprint density at radius 3 is 2.30 bits per heavy atom. The number of hydrogen-bond donors (Lipinski definition) is 1. The average Bonchev–Trinajstić information content (AvgIpc) is 4.05. The first kappa shape index (κ1) is 48.2. The van der Waals surface area contributed by atoms with Crippen molar-refractivity contribution in [2.75, 3.05) is 38.5 Å². The second-order valence-electron chi connectivity index (χ2n) is 17.6. The van der Waals surface area contributed by atoms with Crippen molar-refractivity contribution < 1.29 is 51.6 Å². The maximum absolute atomic E-state index is 14.2. The topological polar surface area (TPSA) is 143 Å². The van der Waals surface area contributed by atoms with Gasteiger partial charge >= 0.3 is 18.7 Å². The maximum Gasteiger partial charge on any atom is 0.408 e. The number of aromatic nitrogens is 1. The first-order valence-electron chi connectivity index (χ1n) is 22.9. The Labute approximate surface area is 412 Å². The predicted octanol–water partition coefficient (Wildman–Crippen LogP) is 9.55. The maximum atomic E-state index is 14.2. The number of thioether (sulfide) groups is 1. The second-order valence-corrected chi connectivity index (χ2v) is 19.6. The highest BCUT2D eigenvalue weighted by Crippen LogP contribution is 2.39. The molecular weight excluding hydrogens is 954 g/mol. The largest absolute Gasteiger partial charge is 0.619 e. The van der Waals surface area contributed by atoms with Gasteiger partial charge in [0, 0.05) is 36.4 Å². The van der Waals surface area contributed by atoms with Gasteiger partial charge in [0.25, 0.3) is 5.91 Å². The highest BCUT2D eigenvalue weighted by Gasteiger charge is 2.39. The van der Waals surface area contributed by atoms with Crippen LogP contribution in [0.3, 0.4) is 0 Å². The van der Waals surface area contributed by atoms with Crippen LogP contribution in [-0.4, -0.2) is 84.4 Å². The number of halogens is 4. The zero-order chi connectivity index (χ0) is 48.0. The fourth-order valence-corrected chi connectivity index (χ4v) is 10.7. The van der Waals surface area contributed by atoms with Crippen LogP contribution < -0.4 is 24.3 Å². The van der Waals surface area contributed by atoms with Crippen molar-refractivity contribution in [3.8, 4) is 17.2 Å². The first-order chi connectivity index (χ1) is 33.4. The van der Waals surface area contributed by atoms with Crippen LogP contribution in [0.15, 0.2) is 109 Å². The summed E-state index contributed by atoms with van der Waals surface area (Å²) in [4.78, 5) is 45.6. The van der Waals surface area contributed by atoms with Crippen LogP contribution >= 0.6 is 35.0 Å². The Morgan fingerprint density at radius 2 is 1.58 bits per heavy atom. The lowest BCUT2D eigenvalue weighted by Crippen LogP contribution is -2.52. The van der Waals surface area contributed by atoms with Crippen molar-refractivity contribution in [1.82, 2.24) is 15.1 Å². The van der Waals surface area contributed by atoms with Crippen molar-refractivity contribution >= 4 is 52.9 Å². The lowest BCUT2D eigenvalue weighted by molar-refractivity contribution is -0.605. The number of alkyl carbamates (subject to hydrolysis) is 1. The number of ether oxygens (including phenoxy) is 5. The number of amides is 2. The van der Waals surface area contributed by atoms with Gasteiger partial charge in [-0.1, -0.05) is 83.9 Å². The van der Waals surface area contributed by atoms with E-state index in [1.807, 2.05) is 60.7 Å². The number of rotatable bonds is 18. The minimum absolute atomic E-state index is 0.0232. The lowest BCUT2D eigenvalue weighted by Gasteiger charge is -2.43. The number of nitrogens with zero attached hydrogens (tertiary/aromatic N) is 3. The number of piperidine rings is 3. The van der Waals surface area contributed by atoms with Crippen LogP contribution in [0.4, 0.5) is 13.6 Å². The molecule has 4 aromatic carbocycles. The Hall–Kier alpha value is -5.81. The van der Waals surface area contributed by atoms with Gasteiger partial charge in [-0.15, -0.1) is 11.8 Å². The van der Waals surface area contributed by atoms with Crippen molar-refractivity contribution in [2.45, 2.75) is 68.9 Å². The number of hydrogen-bond acceptors (Lipinski definition) is 11. The summed E-state index contributed by atoms with van der Waals surface area (Å²) in [6, 6.07) is 27.9.